The van der Waals surface area contributed by atoms with E-state index in [1.54, 1.807) is 0 Å². The van der Waals surface area contributed by atoms with Crippen molar-refractivity contribution in [2.45, 2.75) is 14.4 Å². The molecule has 0 spiro atoms. The number of carbonyl (C=O) groups is 2. The zero-order valence-electron chi connectivity index (χ0n) is 17.5. The number of rotatable bonds is 8. The second-order valence-electron chi connectivity index (χ2n) is 5.29. The van der Waals surface area contributed by atoms with Crippen LogP contribution in [-0.4, -0.2) is 37.7 Å². The Morgan fingerprint density at radius 3 is 1.41 bits per heavy atom. The summed E-state index contributed by atoms with van der Waals surface area (Å²) in [5.74, 6) is -0.481. The molecule has 0 bridgehead atoms. The average Bonchev–Trinajstić information content (AvgIpc) is 2.69. The van der Waals surface area contributed by atoms with Gasteiger partial charge in [-0.3, -0.25) is 25.0 Å². The number of carbonyl (C=O) groups excluding carboxylic acids is 1. The van der Waals surface area contributed by atoms with Crippen LogP contribution in [0.1, 0.15) is 14.4 Å². The van der Waals surface area contributed by atoms with Crippen LogP contribution in [0.4, 0.5) is 11.4 Å². The average molecular weight is 474 g/mol. The van der Waals surface area contributed by atoms with Crippen molar-refractivity contribution in [2.75, 3.05) is 0 Å². The summed E-state index contributed by atoms with van der Waals surface area (Å²) in [4.78, 5) is 40.2. The van der Waals surface area contributed by atoms with Gasteiger partial charge in [-0.25, -0.2) is 4.79 Å². The standard InChI is InChI=1S/C10H9NO4.C9H7NO5.CH4.Li.2H2O/c1-8(12)6-7-15-10-4-2-9(3-5-10)11(13)14;11-9(12)5-6-15-8-3-1-7(2-4-8)10(13)14;;;;/h2-7H,1H3;1-6H,(H,11,12);1H4;;2*1H2/q;;;+1;;/p-1/b7-6+;6-5+;;;;. The maximum absolute atomic E-state index is 10.5. The summed E-state index contributed by atoms with van der Waals surface area (Å²) in [7, 11) is 0. The number of nitrogens with zero attached hydrogens (tertiary/aromatic N) is 2. The third-order valence-corrected chi connectivity index (χ3v) is 3.02. The molecular formula is C20H23LiN2O11. The molecule has 0 aliphatic heterocycles. The third-order valence-electron chi connectivity index (χ3n) is 3.02. The number of aliphatic carboxylic acids is 1. The van der Waals surface area contributed by atoms with Gasteiger partial charge in [0.15, 0.2) is 5.78 Å². The van der Waals surface area contributed by atoms with Crippen LogP contribution < -0.4 is 28.3 Å². The Bertz CT molecular complexity index is 880. The zero-order valence-corrected chi connectivity index (χ0v) is 17.5. The minimum Gasteiger partial charge on any atom is -0.870 e. The molecule has 2 rings (SSSR count). The minimum absolute atomic E-state index is 0. The fourth-order valence-corrected chi connectivity index (χ4v) is 1.67. The molecule has 0 amide bonds. The van der Waals surface area contributed by atoms with Gasteiger partial charge in [0.2, 0.25) is 0 Å². The number of hydrogen-bond donors (Lipinski definition) is 1. The number of nitro groups is 2. The Morgan fingerprint density at radius 1 is 0.824 bits per heavy atom. The molecule has 0 saturated heterocycles. The summed E-state index contributed by atoms with van der Waals surface area (Å²) in [6.07, 6.45) is 4.32. The number of ether oxygens (including phenoxy) is 2. The molecule has 0 atom stereocenters. The molecule has 13 nitrogen and oxygen atoms in total. The van der Waals surface area contributed by atoms with E-state index < -0.39 is 15.8 Å². The second kappa shape index (κ2) is 19.6. The molecule has 0 heterocycles. The monoisotopic (exact) mass is 474 g/mol. The first-order chi connectivity index (χ1) is 14.2. The maximum Gasteiger partial charge on any atom is 1.00 e. The molecule has 0 aromatic heterocycles. The van der Waals surface area contributed by atoms with E-state index in [2.05, 4.69) is 0 Å². The van der Waals surface area contributed by atoms with Crippen molar-refractivity contribution < 1.29 is 63.8 Å². The largest absolute Gasteiger partial charge is 1.00 e. The van der Waals surface area contributed by atoms with Gasteiger partial charge in [-0.1, -0.05) is 7.43 Å². The van der Waals surface area contributed by atoms with E-state index in [9.17, 15) is 29.8 Å². The molecule has 2 aromatic carbocycles. The molecule has 0 saturated carbocycles. The second-order valence-corrected chi connectivity index (χ2v) is 5.29. The molecule has 0 radical (unpaired) electrons. The molecule has 4 N–H and O–H groups in total. The zero-order chi connectivity index (χ0) is 22.5. The van der Waals surface area contributed by atoms with Crippen molar-refractivity contribution in [1.29, 1.82) is 0 Å². The predicted octanol–water partition coefficient (Wildman–Crippen LogP) is 0.287. The maximum atomic E-state index is 10.5. The van der Waals surface area contributed by atoms with Crippen molar-refractivity contribution in [1.82, 2.24) is 0 Å². The molecule has 0 fully saturated rings. The fourth-order valence-electron chi connectivity index (χ4n) is 1.67. The minimum atomic E-state index is -1.13. The van der Waals surface area contributed by atoms with E-state index in [0.717, 1.165) is 12.3 Å². The number of benzene rings is 2. The van der Waals surface area contributed by atoms with Crippen LogP contribution in [0, 0.1) is 20.2 Å². The third kappa shape index (κ3) is 15.7. The van der Waals surface area contributed by atoms with Crippen molar-refractivity contribution in [3.05, 3.63) is 93.4 Å². The molecule has 34 heavy (non-hydrogen) atoms. The SMILES string of the molecule is C.CC(=O)/C=C/Oc1ccc([N+](=O)[O-])cc1.O.O=C(O)/C=C/Oc1ccc([N+](=O)[O-])cc1.[Li+].[OH-]. The number of ketones is 1. The Kier molecular flexibility index (Phi) is 21.6. The van der Waals surface area contributed by atoms with Crippen molar-refractivity contribution in [2.24, 2.45) is 0 Å². The topological polar surface area (TPSA) is 221 Å². The van der Waals surface area contributed by atoms with Gasteiger partial charge in [0.1, 0.15) is 11.5 Å². The molecule has 0 aliphatic carbocycles. The van der Waals surface area contributed by atoms with E-state index in [0.29, 0.717) is 11.5 Å². The summed E-state index contributed by atoms with van der Waals surface area (Å²) in [5, 5.41) is 28.9. The Morgan fingerprint density at radius 2 is 1.15 bits per heavy atom. The molecule has 0 aliphatic rings. The van der Waals surface area contributed by atoms with E-state index in [1.807, 2.05) is 0 Å². The summed E-state index contributed by atoms with van der Waals surface area (Å²) in [6, 6.07) is 10.9. The van der Waals surface area contributed by atoms with Gasteiger partial charge in [-0.2, -0.15) is 0 Å². The number of carboxylic acids is 1. The Balaban J connectivity index is -0.000000237. The number of non-ortho nitro benzene ring substituents is 2. The van der Waals surface area contributed by atoms with Crippen molar-refractivity contribution in [3.8, 4) is 11.5 Å². The van der Waals surface area contributed by atoms with Crippen LogP contribution >= 0.6 is 0 Å². The van der Waals surface area contributed by atoms with Crippen LogP contribution in [0.5, 0.6) is 11.5 Å². The summed E-state index contributed by atoms with van der Waals surface area (Å²) < 4.78 is 9.90. The normalized spacial score (nSPS) is 8.97. The van der Waals surface area contributed by atoms with E-state index >= 15 is 0 Å². The van der Waals surface area contributed by atoms with Crippen LogP contribution in [-0.2, 0) is 9.59 Å². The van der Waals surface area contributed by atoms with Crippen molar-refractivity contribution >= 4 is 23.1 Å². The number of hydrogen-bond acceptors (Lipinski definition) is 9. The van der Waals surface area contributed by atoms with E-state index in [1.165, 1.54) is 67.8 Å². The van der Waals surface area contributed by atoms with Crippen LogP contribution in [0.15, 0.2) is 73.2 Å². The smallest absolute Gasteiger partial charge is 0.870 e. The first-order valence-corrected chi connectivity index (χ1v) is 8.08. The van der Waals surface area contributed by atoms with Gasteiger partial charge in [0.25, 0.3) is 11.4 Å². The van der Waals surface area contributed by atoms with Crippen LogP contribution in [0.3, 0.4) is 0 Å². The predicted molar refractivity (Wildman–Crippen MR) is 116 cm³/mol. The van der Waals surface area contributed by atoms with Crippen LogP contribution in [0.2, 0.25) is 0 Å². The number of allylic oxidation sites excluding steroid dienone is 1. The molecule has 14 heteroatoms. The molecule has 2 aromatic rings. The number of nitro benzene ring substituents is 2. The first kappa shape index (κ1) is 37.3. The van der Waals surface area contributed by atoms with Gasteiger partial charge < -0.3 is 25.5 Å². The summed E-state index contributed by atoms with van der Waals surface area (Å²) >= 11 is 0. The van der Waals surface area contributed by atoms with Gasteiger partial charge in [-0.05, 0) is 31.2 Å². The fraction of sp³-hybridized carbons (Fsp3) is 0.100. The van der Waals surface area contributed by atoms with E-state index in [4.69, 9.17) is 14.6 Å². The van der Waals surface area contributed by atoms with Crippen molar-refractivity contribution in [3.63, 3.8) is 0 Å². The molecule has 0 unspecified atom stereocenters. The Labute approximate surface area is 206 Å². The first-order valence-electron chi connectivity index (χ1n) is 8.08. The number of carboxylic acid groups (broad SMARTS) is 1. The van der Waals surface area contributed by atoms with E-state index in [-0.39, 0.29) is 54.4 Å². The summed E-state index contributed by atoms with van der Waals surface area (Å²) in [6.45, 7) is 1.40. The van der Waals surface area contributed by atoms with Gasteiger partial charge >= 0.3 is 24.8 Å². The van der Waals surface area contributed by atoms with Gasteiger partial charge in [0, 0.05) is 30.3 Å². The molecule has 180 valence electrons. The van der Waals surface area contributed by atoms with Gasteiger partial charge in [-0.15, -0.1) is 0 Å². The van der Waals surface area contributed by atoms with Crippen LogP contribution in [0.25, 0.3) is 0 Å². The molecular weight excluding hydrogens is 451 g/mol. The summed E-state index contributed by atoms with van der Waals surface area (Å²) in [5.41, 5.74) is -0.0533. The Hall–Kier alpha value is -4.02. The van der Waals surface area contributed by atoms with Gasteiger partial charge in [0.05, 0.1) is 28.4 Å². The quantitative estimate of drug-likeness (QED) is 0.181.